The molecule has 0 saturated carbocycles. The van der Waals surface area contributed by atoms with Gasteiger partial charge in [0.25, 0.3) is 0 Å². The van der Waals surface area contributed by atoms with Gasteiger partial charge in [-0.15, -0.1) is 0 Å². The second kappa shape index (κ2) is 7.76. The Hall–Kier alpha value is -0.730. The first-order valence-electron chi connectivity index (χ1n) is 6.46. The van der Waals surface area contributed by atoms with E-state index in [1.807, 2.05) is 6.92 Å². The van der Waals surface area contributed by atoms with Crippen LogP contribution in [0.15, 0.2) is 0 Å². The van der Waals surface area contributed by atoms with Crippen LogP contribution in [0.3, 0.4) is 0 Å². The summed E-state index contributed by atoms with van der Waals surface area (Å²) in [5.74, 6) is -0.455. The molecule has 5 atom stereocenters. The fourth-order valence-corrected chi connectivity index (χ4v) is 2.04. The van der Waals surface area contributed by atoms with Gasteiger partial charge in [0, 0.05) is 20.1 Å². The Balaban J connectivity index is 2.83. The summed E-state index contributed by atoms with van der Waals surface area (Å²) >= 11 is 0. The Morgan fingerprint density at radius 1 is 1.32 bits per heavy atom. The zero-order chi connectivity index (χ0) is 14.4. The summed E-state index contributed by atoms with van der Waals surface area (Å²) < 4.78 is 21.3. The highest BCUT2D eigenvalue weighted by Gasteiger charge is 2.46. The first-order valence-corrected chi connectivity index (χ1v) is 6.46. The quantitative estimate of drug-likeness (QED) is 0.625. The summed E-state index contributed by atoms with van der Waals surface area (Å²) in [4.78, 5) is 11.2. The maximum atomic E-state index is 11.2. The summed E-state index contributed by atoms with van der Waals surface area (Å²) in [7, 11) is 0. The number of aliphatic hydroxyl groups is 1. The minimum Gasteiger partial charge on any atom is -0.457 e. The van der Waals surface area contributed by atoms with Crippen molar-refractivity contribution < 1.29 is 28.8 Å². The Bertz CT molecular complexity index is 287. The molecule has 0 bridgehead atoms. The van der Waals surface area contributed by atoms with E-state index in [9.17, 15) is 9.90 Å². The SMILES string of the molecule is CCOC[C@H]1OC(O)[C@H](N)[C@@H](OCC)[C@@H]1OC(C)=O. The van der Waals surface area contributed by atoms with Gasteiger partial charge in [-0.25, -0.2) is 0 Å². The molecule has 7 nitrogen and oxygen atoms in total. The number of nitrogens with two attached hydrogens (primary N) is 1. The van der Waals surface area contributed by atoms with Crippen LogP contribution in [0, 0.1) is 0 Å². The monoisotopic (exact) mass is 277 g/mol. The lowest BCUT2D eigenvalue weighted by Crippen LogP contribution is -2.63. The lowest BCUT2D eigenvalue weighted by molar-refractivity contribution is -0.264. The highest BCUT2D eigenvalue weighted by atomic mass is 16.7. The van der Waals surface area contributed by atoms with Crippen molar-refractivity contribution in [3.05, 3.63) is 0 Å². The molecule has 0 spiro atoms. The number of hydrogen-bond acceptors (Lipinski definition) is 7. The maximum absolute atomic E-state index is 11.2. The lowest BCUT2D eigenvalue weighted by atomic mass is 9.97. The third-order valence-corrected chi connectivity index (χ3v) is 2.86. The third kappa shape index (κ3) is 4.39. The van der Waals surface area contributed by atoms with Crippen LogP contribution in [0.1, 0.15) is 20.8 Å². The van der Waals surface area contributed by atoms with Crippen molar-refractivity contribution in [2.24, 2.45) is 5.73 Å². The Morgan fingerprint density at radius 2 is 2.00 bits per heavy atom. The average Bonchev–Trinajstić information content (AvgIpc) is 2.36. The molecule has 0 aromatic rings. The number of carbonyl (C=O) groups excluding carboxylic acids is 1. The van der Waals surface area contributed by atoms with Crippen LogP contribution < -0.4 is 5.73 Å². The molecular weight excluding hydrogens is 254 g/mol. The normalized spacial score (nSPS) is 35.1. The Kier molecular flexibility index (Phi) is 6.67. The van der Waals surface area contributed by atoms with E-state index in [-0.39, 0.29) is 6.61 Å². The van der Waals surface area contributed by atoms with Crippen molar-refractivity contribution in [2.75, 3.05) is 19.8 Å². The molecule has 1 aliphatic heterocycles. The number of rotatable bonds is 6. The van der Waals surface area contributed by atoms with E-state index in [0.29, 0.717) is 13.2 Å². The first-order chi connectivity index (χ1) is 9.01. The van der Waals surface area contributed by atoms with Gasteiger partial charge in [0.2, 0.25) is 0 Å². The fraction of sp³-hybridized carbons (Fsp3) is 0.917. The number of aliphatic hydroxyl groups excluding tert-OH is 1. The standard InChI is InChI=1S/C12H23NO6/c1-4-16-6-8-10(18-7(3)14)11(17-5-2)9(13)12(15)19-8/h8-12,15H,4-6,13H2,1-3H3/t8-,9-,10-,11-,12?/m1/s1. The molecule has 19 heavy (non-hydrogen) atoms. The van der Waals surface area contributed by atoms with Gasteiger partial charge in [-0.3, -0.25) is 4.79 Å². The topological polar surface area (TPSA) is 100 Å². The van der Waals surface area contributed by atoms with Crippen molar-refractivity contribution in [2.45, 2.75) is 51.4 Å². The van der Waals surface area contributed by atoms with Gasteiger partial charge in [0.05, 0.1) is 12.6 Å². The van der Waals surface area contributed by atoms with Crippen LogP contribution in [-0.2, 0) is 23.7 Å². The van der Waals surface area contributed by atoms with E-state index in [4.69, 9.17) is 24.7 Å². The number of ether oxygens (including phenoxy) is 4. The molecule has 3 N–H and O–H groups in total. The zero-order valence-corrected chi connectivity index (χ0v) is 11.6. The summed E-state index contributed by atoms with van der Waals surface area (Å²) in [6, 6.07) is -0.776. The van der Waals surface area contributed by atoms with E-state index < -0.39 is 36.6 Å². The predicted molar refractivity (Wildman–Crippen MR) is 66.3 cm³/mol. The van der Waals surface area contributed by atoms with E-state index in [2.05, 4.69) is 0 Å². The minimum atomic E-state index is -1.17. The molecule has 0 radical (unpaired) electrons. The van der Waals surface area contributed by atoms with Crippen LogP contribution in [0.4, 0.5) is 0 Å². The number of esters is 1. The van der Waals surface area contributed by atoms with Gasteiger partial charge in [0.15, 0.2) is 12.4 Å². The Labute approximate surface area is 112 Å². The Morgan fingerprint density at radius 3 is 2.53 bits per heavy atom. The van der Waals surface area contributed by atoms with Crippen molar-refractivity contribution in [3.8, 4) is 0 Å². The second-order valence-electron chi connectivity index (χ2n) is 4.30. The molecule has 0 aromatic heterocycles. The molecule has 1 fully saturated rings. The van der Waals surface area contributed by atoms with Crippen molar-refractivity contribution in [1.29, 1.82) is 0 Å². The summed E-state index contributed by atoms with van der Waals surface area (Å²) in [6.45, 7) is 6.03. The number of hydrogen-bond donors (Lipinski definition) is 2. The maximum Gasteiger partial charge on any atom is 0.303 e. The van der Waals surface area contributed by atoms with E-state index in [0.717, 1.165) is 0 Å². The highest BCUT2D eigenvalue weighted by molar-refractivity contribution is 5.66. The van der Waals surface area contributed by atoms with Crippen LogP contribution in [0.25, 0.3) is 0 Å². The fourth-order valence-electron chi connectivity index (χ4n) is 2.04. The van der Waals surface area contributed by atoms with E-state index in [1.54, 1.807) is 6.92 Å². The van der Waals surface area contributed by atoms with Crippen molar-refractivity contribution in [1.82, 2.24) is 0 Å². The predicted octanol–water partition coefficient (Wildman–Crippen LogP) is -0.596. The molecule has 1 aliphatic rings. The second-order valence-corrected chi connectivity index (χ2v) is 4.30. The summed E-state index contributed by atoms with van der Waals surface area (Å²) in [5.41, 5.74) is 5.83. The van der Waals surface area contributed by atoms with Gasteiger partial charge in [-0.2, -0.15) is 0 Å². The van der Waals surface area contributed by atoms with E-state index >= 15 is 0 Å². The van der Waals surface area contributed by atoms with Gasteiger partial charge in [-0.05, 0) is 13.8 Å². The lowest BCUT2D eigenvalue weighted by Gasteiger charge is -2.42. The van der Waals surface area contributed by atoms with Gasteiger partial charge in [0.1, 0.15) is 12.2 Å². The third-order valence-electron chi connectivity index (χ3n) is 2.86. The summed E-state index contributed by atoms with van der Waals surface area (Å²) in [5, 5.41) is 9.77. The average molecular weight is 277 g/mol. The van der Waals surface area contributed by atoms with Gasteiger partial charge in [-0.1, -0.05) is 0 Å². The molecule has 0 aromatic carbocycles. The molecule has 1 heterocycles. The first kappa shape index (κ1) is 16.3. The zero-order valence-electron chi connectivity index (χ0n) is 11.6. The molecule has 0 amide bonds. The van der Waals surface area contributed by atoms with Crippen LogP contribution in [0.5, 0.6) is 0 Å². The largest absolute Gasteiger partial charge is 0.457 e. The van der Waals surface area contributed by atoms with Crippen molar-refractivity contribution in [3.63, 3.8) is 0 Å². The van der Waals surface area contributed by atoms with Crippen LogP contribution >= 0.6 is 0 Å². The van der Waals surface area contributed by atoms with Crippen molar-refractivity contribution >= 4 is 5.97 Å². The number of carbonyl (C=O) groups is 1. The van der Waals surface area contributed by atoms with Crippen LogP contribution in [-0.4, -0.2) is 61.5 Å². The molecule has 1 unspecified atom stereocenters. The minimum absolute atomic E-state index is 0.196. The molecule has 7 heteroatoms. The van der Waals surface area contributed by atoms with Crippen LogP contribution in [0.2, 0.25) is 0 Å². The molecule has 0 aliphatic carbocycles. The van der Waals surface area contributed by atoms with E-state index in [1.165, 1.54) is 6.92 Å². The molecular formula is C12H23NO6. The molecule has 1 saturated heterocycles. The van der Waals surface area contributed by atoms with Gasteiger partial charge < -0.3 is 29.8 Å². The highest BCUT2D eigenvalue weighted by Crippen LogP contribution is 2.24. The van der Waals surface area contributed by atoms with Gasteiger partial charge >= 0.3 is 5.97 Å². The molecule has 112 valence electrons. The summed E-state index contributed by atoms with van der Waals surface area (Å²) in [6.07, 6.45) is -3.09. The molecule has 1 rings (SSSR count). The smallest absolute Gasteiger partial charge is 0.303 e.